The zero-order chi connectivity index (χ0) is 12.7. The molecule has 0 N–H and O–H groups in total. The van der Waals surface area contributed by atoms with E-state index in [0.717, 1.165) is 10.6 Å². The summed E-state index contributed by atoms with van der Waals surface area (Å²) in [6, 6.07) is 7.55. The van der Waals surface area contributed by atoms with Crippen molar-refractivity contribution in [1.82, 2.24) is 5.06 Å². The summed E-state index contributed by atoms with van der Waals surface area (Å²) in [5.74, 6) is 0.450. The molecule has 1 amide bonds. The van der Waals surface area contributed by atoms with E-state index in [1.807, 2.05) is 43.3 Å². The van der Waals surface area contributed by atoms with Crippen LogP contribution < -0.4 is 4.74 Å². The summed E-state index contributed by atoms with van der Waals surface area (Å²) in [5.41, 5.74) is 0.947. The largest absolute Gasteiger partial charge is 0.483 e. The maximum atomic E-state index is 11.5. The normalized spacial score (nSPS) is 10.5. The van der Waals surface area contributed by atoms with Crippen LogP contribution in [0, 0.1) is 0 Å². The molecule has 1 aromatic carbocycles. The van der Waals surface area contributed by atoms with Crippen molar-refractivity contribution in [3.05, 3.63) is 35.9 Å². The van der Waals surface area contributed by atoms with Crippen LogP contribution in [0.4, 0.5) is 0 Å². The number of hydrogen-bond acceptors (Lipinski definition) is 3. The molecule has 1 rings (SSSR count). The number of carbonyl (C=O) groups is 1. The Bertz CT molecular complexity index is 401. The number of likely N-dealkylation sites (N-methyl/N-ethyl adjacent to an activating group) is 1. The van der Waals surface area contributed by atoms with Gasteiger partial charge in [0.25, 0.3) is 5.91 Å². The lowest BCUT2D eigenvalue weighted by Gasteiger charge is -2.14. The smallest absolute Gasteiger partial charge is 0.283 e. The highest BCUT2D eigenvalue weighted by Crippen LogP contribution is 2.19. The molecule has 0 aliphatic heterocycles. The van der Waals surface area contributed by atoms with Gasteiger partial charge in [0.1, 0.15) is 5.75 Å². The lowest BCUT2D eigenvalue weighted by molar-refractivity contribution is -0.170. The molecule has 4 nitrogen and oxygen atoms in total. The van der Waals surface area contributed by atoms with Gasteiger partial charge in [-0.1, -0.05) is 30.4 Å². The van der Waals surface area contributed by atoms with Crippen molar-refractivity contribution in [3.63, 3.8) is 0 Å². The van der Waals surface area contributed by atoms with E-state index in [4.69, 9.17) is 9.57 Å². The Morgan fingerprint density at radius 3 is 2.76 bits per heavy atom. The van der Waals surface area contributed by atoms with Gasteiger partial charge < -0.3 is 4.74 Å². The number of para-hydroxylation sites is 1. The standard InChI is InChI=1S/C13H17NO3/c1-4-7-11-8-5-6-9-12(11)17-10-13(15)14(2)16-3/h4-9H,10H2,1-3H3/b7-4+. The maximum absolute atomic E-state index is 11.5. The minimum Gasteiger partial charge on any atom is -0.483 e. The molecule has 1 aromatic rings. The Morgan fingerprint density at radius 1 is 1.41 bits per heavy atom. The van der Waals surface area contributed by atoms with E-state index >= 15 is 0 Å². The number of carbonyl (C=O) groups excluding carboxylic acids is 1. The highest BCUT2D eigenvalue weighted by atomic mass is 16.7. The fourth-order valence-electron chi connectivity index (χ4n) is 1.26. The van der Waals surface area contributed by atoms with Crippen LogP contribution in [0.25, 0.3) is 6.08 Å². The lowest BCUT2D eigenvalue weighted by atomic mass is 10.2. The fourth-order valence-corrected chi connectivity index (χ4v) is 1.26. The predicted molar refractivity (Wildman–Crippen MR) is 66.4 cm³/mol. The second-order valence-electron chi connectivity index (χ2n) is 3.40. The minimum absolute atomic E-state index is 0.0428. The van der Waals surface area contributed by atoms with Crippen LogP contribution in [0.2, 0.25) is 0 Å². The molecule has 0 radical (unpaired) electrons. The molecule has 17 heavy (non-hydrogen) atoms. The number of hydroxylamine groups is 2. The van der Waals surface area contributed by atoms with Gasteiger partial charge in [-0.3, -0.25) is 9.63 Å². The predicted octanol–water partition coefficient (Wildman–Crippen LogP) is 2.12. The molecule has 0 aliphatic carbocycles. The Balaban J connectivity index is 2.66. The average molecular weight is 235 g/mol. The van der Waals surface area contributed by atoms with Gasteiger partial charge in [0.15, 0.2) is 6.61 Å². The fraction of sp³-hybridized carbons (Fsp3) is 0.308. The average Bonchev–Trinajstić information content (AvgIpc) is 2.36. The van der Waals surface area contributed by atoms with E-state index in [1.165, 1.54) is 7.11 Å². The molecule has 0 aromatic heterocycles. The zero-order valence-electron chi connectivity index (χ0n) is 10.3. The third-order valence-corrected chi connectivity index (χ3v) is 2.24. The maximum Gasteiger partial charge on any atom is 0.283 e. The number of amides is 1. The number of rotatable bonds is 5. The third kappa shape index (κ3) is 3.92. The van der Waals surface area contributed by atoms with Crippen LogP contribution in [0.5, 0.6) is 5.75 Å². The molecule has 0 saturated carbocycles. The molecule has 0 fully saturated rings. The lowest BCUT2D eigenvalue weighted by Crippen LogP contribution is -2.30. The molecule has 0 unspecified atom stereocenters. The topological polar surface area (TPSA) is 38.8 Å². The van der Waals surface area contributed by atoms with Gasteiger partial charge in [-0.2, -0.15) is 0 Å². The van der Waals surface area contributed by atoms with Crippen molar-refractivity contribution in [2.75, 3.05) is 20.8 Å². The summed E-state index contributed by atoms with van der Waals surface area (Å²) in [5, 5.41) is 1.14. The summed E-state index contributed by atoms with van der Waals surface area (Å²) < 4.78 is 5.45. The molecule has 0 saturated heterocycles. The minimum atomic E-state index is -0.234. The SMILES string of the molecule is C/C=C/c1ccccc1OCC(=O)N(C)OC. The Kier molecular flexibility index (Phi) is 5.23. The van der Waals surface area contributed by atoms with Gasteiger partial charge in [-0.25, -0.2) is 5.06 Å². The molecule has 4 heteroatoms. The molecule has 0 bridgehead atoms. The van der Waals surface area contributed by atoms with Crippen molar-refractivity contribution in [1.29, 1.82) is 0 Å². The van der Waals surface area contributed by atoms with Gasteiger partial charge >= 0.3 is 0 Å². The van der Waals surface area contributed by atoms with Crippen molar-refractivity contribution in [2.24, 2.45) is 0 Å². The molecule has 92 valence electrons. The first-order valence-electron chi connectivity index (χ1n) is 5.34. The van der Waals surface area contributed by atoms with E-state index in [-0.39, 0.29) is 12.5 Å². The summed E-state index contributed by atoms with van der Waals surface area (Å²) in [6.45, 7) is 1.89. The van der Waals surface area contributed by atoms with Crippen molar-refractivity contribution in [2.45, 2.75) is 6.92 Å². The number of ether oxygens (including phenoxy) is 1. The first-order valence-corrected chi connectivity index (χ1v) is 5.34. The molecule has 0 spiro atoms. The monoisotopic (exact) mass is 235 g/mol. The van der Waals surface area contributed by atoms with Gasteiger partial charge in [0, 0.05) is 12.6 Å². The van der Waals surface area contributed by atoms with Crippen LogP contribution in [0.1, 0.15) is 12.5 Å². The zero-order valence-corrected chi connectivity index (χ0v) is 10.3. The van der Waals surface area contributed by atoms with Gasteiger partial charge in [0.2, 0.25) is 0 Å². The van der Waals surface area contributed by atoms with Gasteiger partial charge in [-0.15, -0.1) is 0 Å². The molecule has 0 heterocycles. The Hall–Kier alpha value is -1.81. The first kappa shape index (κ1) is 13.3. The summed E-state index contributed by atoms with van der Waals surface area (Å²) in [6.07, 6.45) is 3.85. The van der Waals surface area contributed by atoms with E-state index < -0.39 is 0 Å². The number of hydrogen-bond donors (Lipinski definition) is 0. The highest BCUT2D eigenvalue weighted by Gasteiger charge is 2.09. The van der Waals surface area contributed by atoms with Crippen LogP contribution >= 0.6 is 0 Å². The van der Waals surface area contributed by atoms with E-state index in [0.29, 0.717) is 5.75 Å². The molecular weight excluding hydrogens is 218 g/mol. The van der Waals surface area contributed by atoms with E-state index in [2.05, 4.69) is 0 Å². The van der Waals surface area contributed by atoms with Crippen molar-refractivity contribution < 1.29 is 14.4 Å². The molecule has 0 atom stereocenters. The van der Waals surface area contributed by atoms with Crippen molar-refractivity contribution in [3.8, 4) is 5.75 Å². The van der Waals surface area contributed by atoms with E-state index in [9.17, 15) is 4.79 Å². The quantitative estimate of drug-likeness (QED) is 0.734. The third-order valence-electron chi connectivity index (χ3n) is 2.24. The van der Waals surface area contributed by atoms with Crippen LogP contribution in [0.3, 0.4) is 0 Å². The summed E-state index contributed by atoms with van der Waals surface area (Å²) in [4.78, 5) is 16.2. The summed E-state index contributed by atoms with van der Waals surface area (Å²) >= 11 is 0. The van der Waals surface area contributed by atoms with Crippen molar-refractivity contribution >= 4 is 12.0 Å². The number of nitrogens with zero attached hydrogens (tertiary/aromatic N) is 1. The second kappa shape index (κ2) is 6.70. The molecule has 0 aliphatic rings. The van der Waals surface area contributed by atoms with E-state index in [1.54, 1.807) is 7.05 Å². The number of allylic oxidation sites excluding steroid dienone is 1. The van der Waals surface area contributed by atoms with Crippen LogP contribution in [0.15, 0.2) is 30.3 Å². The molecular formula is C13H17NO3. The summed E-state index contributed by atoms with van der Waals surface area (Å²) in [7, 11) is 2.98. The van der Waals surface area contributed by atoms with Gasteiger partial charge in [-0.05, 0) is 13.0 Å². The Morgan fingerprint density at radius 2 is 2.12 bits per heavy atom. The number of benzene rings is 1. The van der Waals surface area contributed by atoms with Gasteiger partial charge in [0.05, 0.1) is 7.11 Å². The first-order chi connectivity index (χ1) is 8.19. The van der Waals surface area contributed by atoms with Crippen LogP contribution in [-0.4, -0.2) is 31.7 Å². The highest BCUT2D eigenvalue weighted by molar-refractivity contribution is 5.76. The second-order valence-corrected chi connectivity index (χ2v) is 3.40. The Labute approximate surface area is 101 Å². The van der Waals surface area contributed by atoms with Crippen LogP contribution in [-0.2, 0) is 9.63 Å².